The van der Waals surface area contributed by atoms with Crippen molar-refractivity contribution in [3.05, 3.63) is 32.4 Å². The van der Waals surface area contributed by atoms with E-state index in [0.29, 0.717) is 22.5 Å². The van der Waals surface area contributed by atoms with Gasteiger partial charge in [0.05, 0.1) is 0 Å². The summed E-state index contributed by atoms with van der Waals surface area (Å²) < 4.78 is 5.05. The maximum Gasteiger partial charge on any atom is 0.337 e. The summed E-state index contributed by atoms with van der Waals surface area (Å²) in [5, 5.41) is 0.915. The van der Waals surface area contributed by atoms with Crippen LogP contribution >= 0.6 is 11.8 Å². The second-order valence-electron chi connectivity index (χ2n) is 4.75. The van der Waals surface area contributed by atoms with Crippen LogP contribution in [0.5, 0.6) is 0 Å². The van der Waals surface area contributed by atoms with Gasteiger partial charge in [0.1, 0.15) is 5.39 Å². The monoisotopic (exact) mass is 278 g/mol. The predicted molar refractivity (Wildman–Crippen MR) is 73.7 cm³/mol. The lowest BCUT2D eigenvalue weighted by Crippen LogP contribution is -2.14. The third kappa shape index (κ3) is 2.58. The molecule has 100 valence electrons. The molecule has 5 nitrogen and oxygen atoms in total. The molecule has 1 saturated carbocycles. The van der Waals surface area contributed by atoms with Gasteiger partial charge in [0, 0.05) is 11.8 Å². The van der Waals surface area contributed by atoms with Crippen LogP contribution < -0.4 is 11.2 Å². The van der Waals surface area contributed by atoms with Gasteiger partial charge in [0.15, 0.2) is 5.16 Å². The number of hydrogen-bond acceptors (Lipinski definition) is 5. The van der Waals surface area contributed by atoms with Crippen molar-refractivity contribution in [1.29, 1.82) is 0 Å². The molecule has 0 unspecified atom stereocenters. The highest BCUT2D eigenvalue weighted by atomic mass is 32.2. The average Bonchev–Trinajstić information content (AvgIpc) is 3.18. The fraction of sp³-hybridized carbons (Fsp3) is 0.462. The van der Waals surface area contributed by atoms with Crippen LogP contribution in [0.1, 0.15) is 25.3 Å². The molecule has 0 radical (unpaired) electrons. The third-order valence-electron chi connectivity index (χ3n) is 3.21. The number of thioether (sulfide) groups is 1. The molecule has 1 aliphatic carbocycles. The Morgan fingerprint density at radius 2 is 2.26 bits per heavy atom. The van der Waals surface area contributed by atoms with Crippen molar-refractivity contribution in [1.82, 2.24) is 9.97 Å². The summed E-state index contributed by atoms with van der Waals surface area (Å²) in [5.41, 5.74) is 0.134. The Kier molecular flexibility index (Phi) is 3.18. The Morgan fingerprint density at radius 1 is 1.47 bits per heavy atom. The maximum atomic E-state index is 12.1. The minimum Gasteiger partial charge on any atom is -0.403 e. The number of nitrogens with zero attached hydrogens (tertiary/aromatic N) is 1. The third-order valence-corrected chi connectivity index (χ3v) is 4.31. The number of H-pyrrole nitrogens is 1. The zero-order chi connectivity index (χ0) is 13.4. The molecule has 0 saturated heterocycles. The molecule has 19 heavy (non-hydrogen) atoms. The van der Waals surface area contributed by atoms with Crippen molar-refractivity contribution in [3.8, 4) is 0 Å². The number of hydrogen-bond donors (Lipinski definition) is 1. The van der Waals surface area contributed by atoms with Gasteiger partial charge in [-0.25, -0.2) is 4.79 Å². The fourth-order valence-corrected chi connectivity index (χ4v) is 3.00. The van der Waals surface area contributed by atoms with Gasteiger partial charge in [-0.05, 0) is 30.7 Å². The highest BCUT2D eigenvalue weighted by Crippen LogP contribution is 2.34. The first-order chi connectivity index (χ1) is 9.17. The van der Waals surface area contributed by atoms with Crippen LogP contribution in [0, 0.1) is 5.92 Å². The zero-order valence-electron chi connectivity index (χ0n) is 10.6. The minimum absolute atomic E-state index is 0.145. The molecule has 2 aromatic heterocycles. The van der Waals surface area contributed by atoms with E-state index in [4.69, 9.17) is 4.42 Å². The quantitative estimate of drug-likeness (QED) is 0.683. The van der Waals surface area contributed by atoms with E-state index in [-0.39, 0.29) is 11.3 Å². The van der Waals surface area contributed by atoms with E-state index >= 15 is 0 Å². The van der Waals surface area contributed by atoms with E-state index in [2.05, 4.69) is 9.97 Å². The van der Waals surface area contributed by atoms with Crippen molar-refractivity contribution in [3.63, 3.8) is 0 Å². The number of aromatic amines is 1. The Hall–Kier alpha value is -1.56. The number of fused-ring (bicyclic) bond motifs is 1. The molecule has 3 rings (SSSR count). The van der Waals surface area contributed by atoms with E-state index in [1.54, 1.807) is 0 Å². The standard InChI is InChI=1S/C13H14N2O3S/c1-2-8-5-9(16)18-12-10(8)11(17)14-13(15-12)19-6-7-3-4-7/h5,7H,2-4,6H2,1H3,(H,14,15,17). The lowest BCUT2D eigenvalue weighted by atomic mass is 10.1. The van der Waals surface area contributed by atoms with Crippen molar-refractivity contribution in [2.45, 2.75) is 31.3 Å². The summed E-state index contributed by atoms with van der Waals surface area (Å²) in [6, 6.07) is 1.36. The van der Waals surface area contributed by atoms with E-state index in [9.17, 15) is 9.59 Å². The van der Waals surface area contributed by atoms with Crippen LogP contribution in [0.15, 0.2) is 25.2 Å². The Balaban J connectivity index is 2.08. The zero-order valence-corrected chi connectivity index (χ0v) is 11.4. The lowest BCUT2D eigenvalue weighted by Gasteiger charge is -2.03. The largest absolute Gasteiger partial charge is 0.403 e. The minimum atomic E-state index is -0.458. The predicted octanol–water partition coefficient (Wildman–Crippen LogP) is 1.94. The van der Waals surface area contributed by atoms with Gasteiger partial charge in [0.25, 0.3) is 5.56 Å². The van der Waals surface area contributed by atoms with Gasteiger partial charge < -0.3 is 9.40 Å². The summed E-state index contributed by atoms with van der Waals surface area (Å²) >= 11 is 1.51. The molecule has 2 aromatic rings. The molecule has 1 aliphatic rings. The first-order valence-electron chi connectivity index (χ1n) is 6.37. The van der Waals surface area contributed by atoms with Gasteiger partial charge in [-0.3, -0.25) is 4.79 Å². The lowest BCUT2D eigenvalue weighted by molar-refractivity contribution is 0.541. The molecule has 1 N–H and O–H groups in total. The summed E-state index contributed by atoms with van der Waals surface area (Å²) in [6.45, 7) is 1.89. The molecule has 0 atom stereocenters. The number of rotatable bonds is 4. The summed E-state index contributed by atoms with van der Waals surface area (Å²) in [7, 11) is 0. The molecule has 1 fully saturated rings. The number of aromatic nitrogens is 2. The molecule has 0 spiro atoms. The van der Waals surface area contributed by atoms with Gasteiger partial charge in [-0.2, -0.15) is 4.98 Å². The van der Waals surface area contributed by atoms with E-state index < -0.39 is 5.63 Å². The molecule has 2 heterocycles. The first-order valence-corrected chi connectivity index (χ1v) is 7.35. The molecule has 0 aliphatic heterocycles. The molecular weight excluding hydrogens is 264 g/mol. The van der Waals surface area contributed by atoms with Gasteiger partial charge in [0.2, 0.25) is 5.71 Å². The maximum absolute atomic E-state index is 12.1. The first kappa shape index (κ1) is 12.5. The number of nitrogens with one attached hydrogen (secondary N) is 1. The SMILES string of the molecule is CCc1cc(=O)oc2nc(SCC3CC3)[nH]c(=O)c12. The van der Waals surface area contributed by atoms with Crippen LogP contribution in [0.25, 0.3) is 11.1 Å². The van der Waals surface area contributed by atoms with Crippen molar-refractivity contribution in [2.24, 2.45) is 5.92 Å². The molecule has 0 amide bonds. The van der Waals surface area contributed by atoms with Crippen LogP contribution in [0.3, 0.4) is 0 Å². The van der Waals surface area contributed by atoms with Gasteiger partial charge in [-0.15, -0.1) is 0 Å². The van der Waals surface area contributed by atoms with Crippen LogP contribution in [-0.2, 0) is 6.42 Å². The highest BCUT2D eigenvalue weighted by molar-refractivity contribution is 7.99. The topological polar surface area (TPSA) is 76.0 Å². The van der Waals surface area contributed by atoms with Crippen LogP contribution in [0.4, 0.5) is 0 Å². The normalized spacial score (nSPS) is 15.0. The average molecular weight is 278 g/mol. The highest BCUT2D eigenvalue weighted by Gasteiger charge is 2.22. The van der Waals surface area contributed by atoms with E-state index in [0.717, 1.165) is 11.7 Å². The fourth-order valence-electron chi connectivity index (χ4n) is 1.96. The van der Waals surface area contributed by atoms with Gasteiger partial charge in [-0.1, -0.05) is 18.7 Å². The van der Waals surface area contributed by atoms with Crippen molar-refractivity contribution in [2.75, 3.05) is 5.75 Å². The number of aryl methyl sites for hydroxylation is 1. The van der Waals surface area contributed by atoms with Crippen LogP contribution in [0.2, 0.25) is 0 Å². The molecule has 0 aromatic carbocycles. The second kappa shape index (κ2) is 4.85. The second-order valence-corrected chi connectivity index (χ2v) is 5.76. The van der Waals surface area contributed by atoms with E-state index in [1.165, 1.54) is 30.7 Å². The summed E-state index contributed by atoms with van der Waals surface area (Å²) in [4.78, 5) is 30.5. The van der Waals surface area contributed by atoms with Crippen molar-refractivity contribution < 1.29 is 4.42 Å². The Bertz CT molecular complexity index is 731. The summed E-state index contributed by atoms with van der Waals surface area (Å²) in [5.74, 6) is 1.69. The Labute approximate surface area is 113 Å². The smallest absolute Gasteiger partial charge is 0.337 e. The molecule has 0 bridgehead atoms. The molecule has 6 heteroatoms. The van der Waals surface area contributed by atoms with Gasteiger partial charge >= 0.3 is 5.63 Å². The van der Waals surface area contributed by atoms with Crippen LogP contribution in [-0.4, -0.2) is 15.7 Å². The van der Waals surface area contributed by atoms with Crippen molar-refractivity contribution >= 4 is 22.9 Å². The van der Waals surface area contributed by atoms with E-state index in [1.807, 2.05) is 6.92 Å². The Morgan fingerprint density at radius 3 is 2.95 bits per heavy atom. The summed E-state index contributed by atoms with van der Waals surface area (Å²) in [6.07, 6.45) is 3.10. The molecular formula is C13H14N2O3S.